The van der Waals surface area contributed by atoms with E-state index in [0.29, 0.717) is 12.1 Å². The zero-order chi connectivity index (χ0) is 18.0. The number of nitrogens with one attached hydrogen (secondary N) is 1. The summed E-state index contributed by atoms with van der Waals surface area (Å²) >= 11 is 0. The first-order valence-electron chi connectivity index (χ1n) is 8.98. The Bertz CT molecular complexity index is 731. The van der Waals surface area contributed by atoms with Crippen LogP contribution in [-0.2, 0) is 5.41 Å². The van der Waals surface area contributed by atoms with Gasteiger partial charge in [-0.2, -0.15) is 5.10 Å². The van der Waals surface area contributed by atoms with E-state index >= 15 is 0 Å². The van der Waals surface area contributed by atoms with Gasteiger partial charge < -0.3 is 10.4 Å². The predicted octanol–water partition coefficient (Wildman–Crippen LogP) is 3.06. The van der Waals surface area contributed by atoms with E-state index in [0.717, 1.165) is 30.6 Å². The molecule has 1 amide bonds. The van der Waals surface area contributed by atoms with Gasteiger partial charge in [0.25, 0.3) is 5.91 Å². The second-order valence-corrected chi connectivity index (χ2v) is 7.89. The lowest BCUT2D eigenvalue weighted by atomic mass is 9.89. The molecule has 1 heterocycles. The number of hydrogen-bond donors (Lipinski definition) is 2. The maximum Gasteiger partial charge on any atom is 0.254 e. The summed E-state index contributed by atoms with van der Waals surface area (Å²) in [6.45, 7) is 6.69. The second-order valence-electron chi connectivity index (χ2n) is 7.89. The number of aromatic nitrogens is 2. The van der Waals surface area contributed by atoms with E-state index in [1.165, 1.54) is 0 Å². The number of para-hydroxylation sites is 1. The third-order valence-corrected chi connectivity index (χ3v) is 4.83. The zero-order valence-corrected chi connectivity index (χ0v) is 15.2. The minimum absolute atomic E-state index is 0.119. The number of aliphatic hydroxyl groups excluding tert-OH is 1. The van der Waals surface area contributed by atoms with Crippen molar-refractivity contribution in [3.8, 4) is 5.69 Å². The average Bonchev–Trinajstić information content (AvgIpc) is 3.20. The lowest BCUT2D eigenvalue weighted by Gasteiger charge is -2.18. The van der Waals surface area contributed by atoms with Gasteiger partial charge in [0.2, 0.25) is 0 Å². The molecule has 134 valence electrons. The fourth-order valence-corrected chi connectivity index (χ4v) is 3.38. The fourth-order valence-electron chi connectivity index (χ4n) is 3.38. The summed E-state index contributed by atoms with van der Waals surface area (Å²) in [5, 5.41) is 17.6. The number of carbonyl (C=O) groups excluding carboxylic acids is 1. The normalized spacial score (nSPS) is 20.6. The molecule has 1 fully saturated rings. The van der Waals surface area contributed by atoms with Crippen LogP contribution < -0.4 is 5.32 Å². The Labute approximate surface area is 149 Å². The highest BCUT2D eigenvalue weighted by Gasteiger charge is 2.29. The molecule has 3 rings (SSSR count). The molecule has 2 atom stereocenters. The first-order valence-corrected chi connectivity index (χ1v) is 8.98. The summed E-state index contributed by atoms with van der Waals surface area (Å²) in [7, 11) is 0. The van der Waals surface area contributed by atoms with E-state index in [9.17, 15) is 9.90 Å². The molecule has 0 aliphatic heterocycles. The summed E-state index contributed by atoms with van der Waals surface area (Å²) in [5.74, 6) is 0.0393. The van der Waals surface area contributed by atoms with Crippen LogP contribution in [-0.4, -0.2) is 33.4 Å². The van der Waals surface area contributed by atoms with Gasteiger partial charge in [-0.25, -0.2) is 4.68 Å². The average molecular weight is 341 g/mol. The van der Waals surface area contributed by atoms with Crippen LogP contribution in [0.25, 0.3) is 5.69 Å². The standard InChI is InChI=1S/C20H27N3O2/c1-20(2,3)18-16(13-23(22-18)15-9-5-4-6-10-15)19(25)21-12-14-8-7-11-17(14)24/h4-6,9-10,13-14,17,24H,7-8,11-12H2,1-3H3,(H,21,25). The van der Waals surface area contributed by atoms with Gasteiger partial charge in [-0.3, -0.25) is 4.79 Å². The van der Waals surface area contributed by atoms with Crippen molar-refractivity contribution in [2.75, 3.05) is 6.54 Å². The van der Waals surface area contributed by atoms with Crippen LogP contribution in [0.5, 0.6) is 0 Å². The minimum Gasteiger partial charge on any atom is -0.393 e. The van der Waals surface area contributed by atoms with Gasteiger partial charge in [-0.1, -0.05) is 45.4 Å². The van der Waals surface area contributed by atoms with Crippen molar-refractivity contribution >= 4 is 5.91 Å². The monoisotopic (exact) mass is 341 g/mol. The lowest BCUT2D eigenvalue weighted by Crippen LogP contribution is -2.33. The quantitative estimate of drug-likeness (QED) is 0.898. The Morgan fingerprint density at radius 3 is 2.60 bits per heavy atom. The molecule has 1 aromatic carbocycles. The van der Waals surface area contributed by atoms with Gasteiger partial charge in [-0.15, -0.1) is 0 Å². The van der Waals surface area contributed by atoms with Gasteiger partial charge in [0.1, 0.15) is 0 Å². The van der Waals surface area contributed by atoms with Crippen molar-refractivity contribution in [3.63, 3.8) is 0 Å². The number of benzene rings is 1. The molecule has 25 heavy (non-hydrogen) atoms. The molecular formula is C20H27N3O2. The Morgan fingerprint density at radius 1 is 1.28 bits per heavy atom. The molecule has 2 aromatic rings. The predicted molar refractivity (Wildman–Crippen MR) is 97.9 cm³/mol. The number of carbonyl (C=O) groups is 1. The molecule has 2 N–H and O–H groups in total. The van der Waals surface area contributed by atoms with E-state index in [1.54, 1.807) is 10.9 Å². The van der Waals surface area contributed by atoms with Gasteiger partial charge in [0, 0.05) is 24.1 Å². The van der Waals surface area contributed by atoms with Crippen LogP contribution >= 0.6 is 0 Å². The fraction of sp³-hybridized carbons (Fsp3) is 0.500. The SMILES string of the molecule is CC(C)(C)c1nn(-c2ccccc2)cc1C(=O)NCC1CCCC1O. The molecule has 2 unspecified atom stereocenters. The third kappa shape index (κ3) is 3.93. The van der Waals surface area contributed by atoms with Gasteiger partial charge >= 0.3 is 0 Å². The largest absolute Gasteiger partial charge is 0.393 e. The highest BCUT2D eigenvalue weighted by molar-refractivity contribution is 5.95. The summed E-state index contributed by atoms with van der Waals surface area (Å²) in [4.78, 5) is 12.8. The summed E-state index contributed by atoms with van der Waals surface area (Å²) < 4.78 is 1.76. The molecule has 1 aliphatic carbocycles. The molecule has 1 aliphatic rings. The lowest BCUT2D eigenvalue weighted by molar-refractivity contribution is 0.0914. The highest BCUT2D eigenvalue weighted by Crippen LogP contribution is 2.27. The first kappa shape index (κ1) is 17.7. The van der Waals surface area contributed by atoms with E-state index in [4.69, 9.17) is 0 Å². The summed E-state index contributed by atoms with van der Waals surface area (Å²) in [5.41, 5.74) is 2.07. The van der Waals surface area contributed by atoms with E-state index < -0.39 is 0 Å². The minimum atomic E-state index is -0.297. The molecular weight excluding hydrogens is 314 g/mol. The highest BCUT2D eigenvalue weighted by atomic mass is 16.3. The van der Waals surface area contributed by atoms with Crippen molar-refractivity contribution < 1.29 is 9.90 Å². The molecule has 0 radical (unpaired) electrons. The topological polar surface area (TPSA) is 67.2 Å². The number of aliphatic hydroxyl groups is 1. The molecule has 5 nitrogen and oxygen atoms in total. The van der Waals surface area contributed by atoms with Gasteiger partial charge in [0.05, 0.1) is 23.0 Å². The number of nitrogens with zero attached hydrogens (tertiary/aromatic N) is 2. The van der Waals surface area contributed by atoms with Gasteiger partial charge in [0.15, 0.2) is 0 Å². The van der Waals surface area contributed by atoms with Crippen LogP contribution in [0.4, 0.5) is 0 Å². The Hall–Kier alpha value is -2.14. The van der Waals surface area contributed by atoms with Crippen molar-refractivity contribution in [1.82, 2.24) is 15.1 Å². The van der Waals surface area contributed by atoms with Crippen molar-refractivity contribution in [2.24, 2.45) is 5.92 Å². The van der Waals surface area contributed by atoms with E-state index in [-0.39, 0.29) is 23.3 Å². The third-order valence-electron chi connectivity index (χ3n) is 4.83. The maximum atomic E-state index is 12.8. The Kier molecular flexibility index (Phi) is 4.95. The molecule has 5 heteroatoms. The van der Waals surface area contributed by atoms with Gasteiger partial charge in [-0.05, 0) is 25.0 Å². The van der Waals surface area contributed by atoms with Crippen molar-refractivity contribution in [1.29, 1.82) is 0 Å². The zero-order valence-electron chi connectivity index (χ0n) is 15.2. The molecule has 0 spiro atoms. The first-order chi connectivity index (χ1) is 11.9. The number of hydrogen-bond acceptors (Lipinski definition) is 3. The van der Waals surface area contributed by atoms with Crippen molar-refractivity contribution in [2.45, 2.75) is 51.6 Å². The number of rotatable bonds is 4. The van der Waals surface area contributed by atoms with Crippen LogP contribution in [0.2, 0.25) is 0 Å². The molecule has 1 aromatic heterocycles. The van der Waals surface area contributed by atoms with Crippen LogP contribution in [0, 0.1) is 5.92 Å². The van der Waals surface area contributed by atoms with Crippen LogP contribution in [0.3, 0.4) is 0 Å². The Balaban J connectivity index is 1.83. The van der Waals surface area contributed by atoms with E-state index in [1.807, 2.05) is 30.3 Å². The maximum absolute atomic E-state index is 12.8. The van der Waals surface area contributed by atoms with Crippen LogP contribution in [0.15, 0.2) is 36.5 Å². The molecule has 0 saturated heterocycles. The summed E-state index contributed by atoms with van der Waals surface area (Å²) in [6, 6.07) is 9.80. The second kappa shape index (κ2) is 7.00. The molecule has 0 bridgehead atoms. The van der Waals surface area contributed by atoms with E-state index in [2.05, 4.69) is 31.2 Å². The van der Waals surface area contributed by atoms with Crippen molar-refractivity contribution in [3.05, 3.63) is 47.8 Å². The van der Waals surface area contributed by atoms with Crippen LogP contribution in [0.1, 0.15) is 56.1 Å². The smallest absolute Gasteiger partial charge is 0.254 e. The molecule has 1 saturated carbocycles. The summed E-state index contributed by atoms with van der Waals surface area (Å²) in [6.07, 6.45) is 4.34. The number of amides is 1. The Morgan fingerprint density at radius 2 is 2.00 bits per heavy atom.